The summed E-state index contributed by atoms with van der Waals surface area (Å²) in [4.78, 5) is 10.8. The lowest BCUT2D eigenvalue weighted by Crippen LogP contribution is -1.99. The fourth-order valence-corrected chi connectivity index (χ4v) is 0.990. The molecule has 0 bridgehead atoms. The van der Waals surface area contributed by atoms with E-state index in [2.05, 4.69) is 28.4 Å². The molecule has 0 aliphatic carbocycles. The number of carbonyl (C=O) groups is 1. The molecule has 1 aromatic rings. The van der Waals surface area contributed by atoms with Crippen molar-refractivity contribution in [2.75, 3.05) is 6.61 Å². The minimum atomic E-state index is -0.541. The van der Waals surface area contributed by atoms with Gasteiger partial charge in [-0.1, -0.05) is 23.6 Å². The topological polar surface area (TPSA) is 26.3 Å². The van der Waals surface area contributed by atoms with Crippen molar-refractivity contribution in [2.24, 2.45) is 0 Å². The number of hydrogen-bond donors (Lipinski definition) is 0. The maximum absolute atomic E-state index is 10.8. The van der Waals surface area contributed by atoms with E-state index in [-0.39, 0.29) is 0 Å². The Hall–Kier alpha value is -2.19. The summed E-state index contributed by atoms with van der Waals surface area (Å²) >= 11 is 0. The molecule has 0 saturated heterocycles. The fourth-order valence-electron chi connectivity index (χ4n) is 0.990. The van der Waals surface area contributed by atoms with Crippen LogP contribution in [0.5, 0.6) is 0 Å². The smallest absolute Gasteiger partial charge is 0.385 e. The van der Waals surface area contributed by atoms with Gasteiger partial charge in [0.05, 0.1) is 6.61 Å². The molecule has 0 radical (unpaired) electrons. The summed E-state index contributed by atoms with van der Waals surface area (Å²) in [7, 11) is 0. The lowest BCUT2D eigenvalue weighted by atomic mass is 10.2. The third-order valence-electron chi connectivity index (χ3n) is 1.76. The maximum Gasteiger partial charge on any atom is 0.385 e. The van der Waals surface area contributed by atoms with Crippen LogP contribution in [0.4, 0.5) is 0 Å². The van der Waals surface area contributed by atoms with E-state index < -0.39 is 5.97 Å². The Bertz CT molecular complexity index is 475. The van der Waals surface area contributed by atoms with Gasteiger partial charge in [0, 0.05) is 11.5 Å². The molecule has 0 aliphatic heterocycles. The Balaban J connectivity index is 2.61. The summed E-state index contributed by atoms with van der Waals surface area (Å²) in [6, 6.07) is 7.77. The molecule has 0 fully saturated rings. The third-order valence-corrected chi connectivity index (χ3v) is 1.76. The highest BCUT2D eigenvalue weighted by molar-refractivity contribution is 5.89. The summed E-state index contributed by atoms with van der Waals surface area (Å²) < 4.78 is 4.63. The minimum Gasteiger partial charge on any atom is -0.456 e. The van der Waals surface area contributed by atoms with Gasteiger partial charge >= 0.3 is 5.97 Å². The number of rotatable bonds is 1. The SMILES string of the molecule is CCOC(=O)C#CC#Cc1ccc(C)cc1. The Kier molecular flexibility index (Phi) is 4.70. The van der Waals surface area contributed by atoms with Crippen LogP contribution in [0, 0.1) is 30.6 Å². The van der Waals surface area contributed by atoms with E-state index >= 15 is 0 Å². The largest absolute Gasteiger partial charge is 0.456 e. The van der Waals surface area contributed by atoms with Crippen LogP contribution in [-0.4, -0.2) is 12.6 Å². The standard InChI is InChI=1S/C14H12O2/c1-3-16-14(15)7-5-4-6-13-10-8-12(2)9-11-13/h8-11H,3H2,1-2H3. The van der Waals surface area contributed by atoms with Crippen LogP contribution in [0.25, 0.3) is 0 Å². The highest BCUT2D eigenvalue weighted by Crippen LogP contribution is 2.00. The molecule has 0 atom stereocenters. The second-order valence-electron chi connectivity index (χ2n) is 3.09. The lowest BCUT2D eigenvalue weighted by Gasteiger charge is -1.90. The minimum absolute atomic E-state index is 0.332. The molecular formula is C14H12O2. The van der Waals surface area contributed by atoms with Crippen molar-refractivity contribution < 1.29 is 9.53 Å². The van der Waals surface area contributed by atoms with Gasteiger partial charge in [-0.3, -0.25) is 0 Å². The van der Waals surface area contributed by atoms with Gasteiger partial charge < -0.3 is 4.74 Å². The molecule has 0 aromatic heterocycles. The molecule has 0 saturated carbocycles. The van der Waals surface area contributed by atoms with Gasteiger partial charge in [-0.15, -0.1) is 0 Å². The van der Waals surface area contributed by atoms with Gasteiger partial charge in [0.25, 0.3) is 0 Å². The van der Waals surface area contributed by atoms with Gasteiger partial charge in [0.2, 0.25) is 0 Å². The molecule has 0 unspecified atom stereocenters. The van der Waals surface area contributed by atoms with E-state index in [9.17, 15) is 4.79 Å². The molecule has 16 heavy (non-hydrogen) atoms. The predicted molar refractivity (Wildman–Crippen MR) is 62.5 cm³/mol. The summed E-state index contributed by atoms with van der Waals surface area (Å²) in [5.41, 5.74) is 2.06. The average molecular weight is 212 g/mol. The van der Waals surface area contributed by atoms with Crippen LogP contribution in [-0.2, 0) is 9.53 Å². The van der Waals surface area contributed by atoms with Gasteiger partial charge in [-0.05, 0) is 37.8 Å². The monoisotopic (exact) mass is 212 g/mol. The molecule has 0 aliphatic rings. The molecule has 2 heteroatoms. The average Bonchev–Trinajstić information content (AvgIpc) is 2.27. The van der Waals surface area contributed by atoms with Crippen LogP contribution < -0.4 is 0 Å². The molecule has 1 aromatic carbocycles. The number of esters is 1. The van der Waals surface area contributed by atoms with Crippen LogP contribution in [0.1, 0.15) is 18.1 Å². The zero-order valence-corrected chi connectivity index (χ0v) is 9.33. The van der Waals surface area contributed by atoms with Crippen molar-refractivity contribution in [2.45, 2.75) is 13.8 Å². The zero-order chi connectivity index (χ0) is 11.8. The zero-order valence-electron chi connectivity index (χ0n) is 9.33. The number of benzene rings is 1. The lowest BCUT2D eigenvalue weighted by molar-refractivity contribution is -0.136. The Morgan fingerprint density at radius 1 is 1.25 bits per heavy atom. The Labute approximate surface area is 95.6 Å². The normalized spacial score (nSPS) is 8.12. The maximum atomic E-state index is 10.8. The van der Waals surface area contributed by atoms with Crippen molar-refractivity contribution in [3.63, 3.8) is 0 Å². The number of hydrogen-bond acceptors (Lipinski definition) is 2. The molecule has 0 heterocycles. The number of carbonyl (C=O) groups excluding carboxylic acids is 1. The van der Waals surface area contributed by atoms with Crippen LogP contribution in [0.2, 0.25) is 0 Å². The van der Waals surface area contributed by atoms with Crippen LogP contribution >= 0.6 is 0 Å². The number of ether oxygens (including phenoxy) is 1. The van der Waals surface area contributed by atoms with E-state index in [1.165, 1.54) is 5.56 Å². The van der Waals surface area contributed by atoms with Crippen LogP contribution in [0.15, 0.2) is 24.3 Å². The van der Waals surface area contributed by atoms with Gasteiger partial charge in [0.15, 0.2) is 0 Å². The van der Waals surface area contributed by atoms with E-state index in [0.29, 0.717) is 6.61 Å². The Morgan fingerprint density at radius 2 is 1.94 bits per heavy atom. The van der Waals surface area contributed by atoms with Gasteiger partial charge in [0.1, 0.15) is 0 Å². The van der Waals surface area contributed by atoms with Crippen molar-refractivity contribution in [1.29, 1.82) is 0 Å². The molecule has 2 nitrogen and oxygen atoms in total. The molecule has 0 N–H and O–H groups in total. The first kappa shape index (κ1) is 11.9. The van der Waals surface area contributed by atoms with E-state index in [4.69, 9.17) is 0 Å². The molecule has 1 rings (SSSR count). The highest BCUT2D eigenvalue weighted by atomic mass is 16.5. The quantitative estimate of drug-likeness (QED) is 0.404. The summed E-state index contributed by atoms with van der Waals surface area (Å²) in [5, 5.41) is 0. The van der Waals surface area contributed by atoms with Crippen molar-refractivity contribution in [3.05, 3.63) is 35.4 Å². The molecule has 0 amide bonds. The van der Waals surface area contributed by atoms with Gasteiger partial charge in [-0.25, -0.2) is 4.79 Å². The molecular weight excluding hydrogens is 200 g/mol. The van der Waals surface area contributed by atoms with Crippen LogP contribution in [0.3, 0.4) is 0 Å². The van der Waals surface area contributed by atoms with Crippen molar-refractivity contribution in [3.8, 4) is 23.7 Å². The fraction of sp³-hybridized carbons (Fsp3) is 0.214. The third kappa shape index (κ3) is 4.35. The second kappa shape index (κ2) is 6.32. The summed E-state index contributed by atoms with van der Waals surface area (Å²) in [6.45, 7) is 4.08. The van der Waals surface area contributed by atoms with E-state index in [0.717, 1.165) is 5.56 Å². The first-order valence-electron chi connectivity index (χ1n) is 4.98. The van der Waals surface area contributed by atoms with Crippen molar-refractivity contribution in [1.82, 2.24) is 0 Å². The first-order chi connectivity index (χ1) is 7.72. The van der Waals surface area contributed by atoms with E-state index in [1.807, 2.05) is 31.2 Å². The second-order valence-corrected chi connectivity index (χ2v) is 3.09. The predicted octanol–water partition coefficient (Wildman–Crippen LogP) is 1.91. The Morgan fingerprint density at radius 3 is 2.56 bits per heavy atom. The van der Waals surface area contributed by atoms with E-state index in [1.54, 1.807) is 6.92 Å². The number of aryl methyl sites for hydroxylation is 1. The molecule has 0 spiro atoms. The molecule has 80 valence electrons. The van der Waals surface area contributed by atoms with Gasteiger partial charge in [-0.2, -0.15) is 0 Å². The summed E-state index contributed by atoms with van der Waals surface area (Å²) in [5.74, 6) is 9.62. The highest BCUT2D eigenvalue weighted by Gasteiger charge is 1.90. The van der Waals surface area contributed by atoms with Crippen molar-refractivity contribution >= 4 is 5.97 Å². The summed E-state index contributed by atoms with van der Waals surface area (Å²) in [6.07, 6.45) is 0. The first-order valence-corrected chi connectivity index (χ1v) is 4.98.